The van der Waals surface area contributed by atoms with Crippen molar-refractivity contribution in [2.24, 2.45) is 17.8 Å². The van der Waals surface area contributed by atoms with Crippen LogP contribution in [0.4, 0.5) is 5.69 Å². The first kappa shape index (κ1) is 12.9. The minimum absolute atomic E-state index is 0.160. The number of ether oxygens (including phenoxy) is 1. The monoisotopic (exact) mass is 285 g/mol. The van der Waals surface area contributed by atoms with E-state index in [1.165, 1.54) is 19.3 Å². The number of carbonyl (C=O) groups excluding carboxylic acids is 2. The predicted octanol–water partition coefficient (Wildman–Crippen LogP) is 3.02. The Labute approximate surface area is 123 Å². The molecule has 1 heterocycles. The minimum Gasteiger partial charge on any atom is -0.479 e. The van der Waals surface area contributed by atoms with E-state index < -0.39 is 6.10 Å². The third-order valence-corrected chi connectivity index (χ3v) is 5.27. The molecule has 3 aliphatic rings. The summed E-state index contributed by atoms with van der Waals surface area (Å²) in [6.45, 7) is 1.71. The summed E-state index contributed by atoms with van der Waals surface area (Å²) in [7, 11) is 0. The number of hydrogen-bond donors (Lipinski definition) is 1. The van der Waals surface area contributed by atoms with Crippen LogP contribution in [0, 0.1) is 17.8 Å². The molecule has 1 amide bonds. The minimum atomic E-state index is -0.482. The molecule has 2 aliphatic carbocycles. The number of nitrogens with one attached hydrogen (secondary N) is 1. The fourth-order valence-corrected chi connectivity index (χ4v) is 4.14. The van der Waals surface area contributed by atoms with Crippen LogP contribution in [0.15, 0.2) is 18.2 Å². The molecular formula is C17H19NO3. The van der Waals surface area contributed by atoms with Crippen LogP contribution >= 0.6 is 0 Å². The second-order valence-electron chi connectivity index (χ2n) is 6.61. The van der Waals surface area contributed by atoms with Crippen LogP contribution in [-0.2, 0) is 4.79 Å². The first-order chi connectivity index (χ1) is 10.1. The van der Waals surface area contributed by atoms with E-state index in [0.29, 0.717) is 22.9 Å². The van der Waals surface area contributed by atoms with Crippen LogP contribution < -0.4 is 10.1 Å². The van der Waals surface area contributed by atoms with Gasteiger partial charge in [-0.05, 0) is 56.2 Å². The number of Topliss-reactive ketones (excluding diaryl/α,β-unsaturated/α-hetero) is 1. The molecule has 2 bridgehead atoms. The zero-order valence-electron chi connectivity index (χ0n) is 12.1. The van der Waals surface area contributed by atoms with E-state index in [-0.39, 0.29) is 17.6 Å². The fourth-order valence-electron chi connectivity index (χ4n) is 4.14. The summed E-state index contributed by atoms with van der Waals surface area (Å²) in [5.41, 5.74) is 1.32. The molecule has 21 heavy (non-hydrogen) atoms. The number of fused-ring (bicyclic) bond motifs is 3. The topological polar surface area (TPSA) is 55.4 Å². The Kier molecular flexibility index (Phi) is 2.81. The van der Waals surface area contributed by atoms with Crippen molar-refractivity contribution in [3.05, 3.63) is 23.8 Å². The summed E-state index contributed by atoms with van der Waals surface area (Å²) < 4.78 is 5.53. The molecule has 0 spiro atoms. The van der Waals surface area contributed by atoms with Gasteiger partial charge in [-0.2, -0.15) is 0 Å². The SMILES string of the molecule is CC1Oc2ccc(C(=O)C3CC4CCC3C4)cc2NC1=O. The number of anilines is 1. The molecule has 4 atom stereocenters. The van der Waals surface area contributed by atoms with Crippen molar-refractivity contribution in [1.82, 2.24) is 0 Å². The number of amides is 1. The van der Waals surface area contributed by atoms with Gasteiger partial charge in [0.2, 0.25) is 0 Å². The summed E-state index contributed by atoms with van der Waals surface area (Å²) in [6, 6.07) is 5.40. The van der Waals surface area contributed by atoms with Gasteiger partial charge in [0, 0.05) is 11.5 Å². The average molecular weight is 285 g/mol. The largest absolute Gasteiger partial charge is 0.479 e. The lowest BCUT2D eigenvalue weighted by Crippen LogP contribution is -2.34. The van der Waals surface area contributed by atoms with Gasteiger partial charge in [0.25, 0.3) is 5.91 Å². The van der Waals surface area contributed by atoms with Gasteiger partial charge in [-0.3, -0.25) is 9.59 Å². The van der Waals surface area contributed by atoms with Gasteiger partial charge < -0.3 is 10.1 Å². The standard InChI is InChI=1S/C17H19NO3/c1-9-17(20)18-14-8-12(4-5-15(14)21-9)16(19)13-7-10-2-3-11(13)6-10/h4-5,8-11,13H,2-3,6-7H2,1H3,(H,18,20). The van der Waals surface area contributed by atoms with E-state index in [1.807, 2.05) is 6.07 Å². The summed E-state index contributed by atoms with van der Waals surface area (Å²) in [4.78, 5) is 24.4. The van der Waals surface area contributed by atoms with Crippen molar-refractivity contribution in [1.29, 1.82) is 0 Å². The van der Waals surface area contributed by atoms with Crippen molar-refractivity contribution in [2.75, 3.05) is 5.32 Å². The average Bonchev–Trinajstić information content (AvgIpc) is 3.10. The molecule has 110 valence electrons. The predicted molar refractivity (Wildman–Crippen MR) is 78.4 cm³/mol. The van der Waals surface area contributed by atoms with E-state index in [2.05, 4.69) is 5.32 Å². The van der Waals surface area contributed by atoms with Crippen molar-refractivity contribution in [2.45, 2.75) is 38.7 Å². The third-order valence-electron chi connectivity index (χ3n) is 5.27. The van der Waals surface area contributed by atoms with Gasteiger partial charge >= 0.3 is 0 Å². The van der Waals surface area contributed by atoms with Gasteiger partial charge in [0.1, 0.15) is 5.75 Å². The normalized spacial score (nSPS) is 33.3. The van der Waals surface area contributed by atoms with E-state index in [4.69, 9.17) is 4.74 Å². The maximum atomic E-state index is 12.7. The Balaban J connectivity index is 1.60. The smallest absolute Gasteiger partial charge is 0.265 e. The quantitative estimate of drug-likeness (QED) is 0.850. The van der Waals surface area contributed by atoms with Gasteiger partial charge in [-0.25, -0.2) is 0 Å². The fraction of sp³-hybridized carbons (Fsp3) is 0.529. The van der Waals surface area contributed by atoms with Crippen LogP contribution in [0.5, 0.6) is 5.75 Å². The first-order valence-electron chi connectivity index (χ1n) is 7.77. The molecule has 0 saturated heterocycles. The molecule has 1 N–H and O–H groups in total. The molecule has 4 heteroatoms. The van der Waals surface area contributed by atoms with Gasteiger partial charge in [-0.15, -0.1) is 0 Å². The molecular weight excluding hydrogens is 266 g/mol. The molecule has 1 aliphatic heterocycles. The van der Waals surface area contributed by atoms with E-state index in [0.717, 1.165) is 12.3 Å². The number of benzene rings is 1. The Morgan fingerprint density at radius 2 is 2.14 bits per heavy atom. The van der Waals surface area contributed by atoms with E-state index >= 15 is 0 Å². The van der Waals surface area contributed by atoms with E-state index in [9.17, 15) is 9.59 Å². The van der Waals surface area contributed by atoms with Crippen LogP contribution in [-0.4, -0.2) is 17.8 Å². The lowest BCUT2D eigenvalue weighted by Gasteiger charge is -2.25. The van der Waals surface area contributed by atoms with Crippen molar-refractivity contribution in [3.8, 4) is 5.75 Å². The molecule has 2 saturated carbocycles. The Bertz CT molecular complexity index is 624. The Hall–Kier alpha value is -1.84. The molecule has 0 radical (unpaired) electrons. The maximum Gasteiger partial charge on any atom is 0.265 e. The number of rotatable bonds is 2. The number of carbonyl (C=O) groups is 2. The van der Waals surface area contributed by atoms with Crippen LogP contribution in [0.25, 0.3) is 0 Å². The highest BCUT2D eigenvalue weighted by molar-refractivity contribution is 6.02. The molecule has 1 aromatic rings. The highest BCUT2D eigenvalue weighted by atomic mass is 16.5. The van der Waals surface area contributed by atoms with Crippen molar-refractivity contribution in [3.63, 3.8) is 0 Å². The molecule has 1 aromatic carbocycles. The van der Waals surface area contributed by atoms with E-state index in [1.54, 1.807) is 19.1 Å². The zero-order valence-corrected chi connectivity index (χ0v) is 12.1. The second kappa shape index (κ2) is 4.58. The Morgan fingerprint density at radius 3 is 2.86 bits per heavy atom. The lowest BCUT2D eigenvalue weighted by molar-refractivity contribution is -0.122. The highest BCUT2D eigenvalue weighted by Crippen LogP contribution is 2.49. The summed E-state index contributed by atoms with van der Waals surface area (Å²) >= 11 is 0. The van der Waals surface area contributed by atoms with Crippen molar-refractivity contribution < 1.29 is 14.3 Å². The second-order valence-corrected chi connectivity index (χ2v) is 6.61. The lowest BCUT2D eigenvalue weighted by atomic mass is 9.83. The number of hydrogen-bond acceptors (Lipinski definition) is 3. The van der Waals surface area contributed by atoms with Crippen LogP contribution in [0.2, 0.25) is 0 Å². The van der Waals surface area contributed by atoms with Gasteiger partial charge in [-0.1, -0.05) is 6.42 Å². The first-order valence-corrected chi connectivity index (χ1v) is 7.77. The van der Waals surface area contributed by atoms with Crippen molar-refractivity contribution >= 4 is 17.4 Å². The zero-order chi connectivity index (χ0) is 14.6. The Morgan fingerprint density at radius 1 is 1.29 bits per heavy atom. The molecule has 4 rings (SSSR count). The summed E-state index contributed by atoms with van der Waals surface area (Å²) in [5.74, 6) is 2.23. The van der Waals surface area contributed by atoms with Gasteiger partial charge in [0.15, 0.2) is 11.9 Å². The maximum absolute atomic E-state index is 12.7. The van der Waals surface area contributed by atoms with Crippen LogP contribution in [0.3, 0.4) is 0 Å². The van der Waals surface area contributed by atoms with Gasteiger partial charge in [0.05, 0.1) is 5.69 Å². The number of ketones is 1. The van der Waals surface area contributed by atoms with Crippen LogP contribution in [0.1, 0.15) is 43.0 Å². The molecule has 0 aromatic heterocycles. The highest BCUT2D eigenvalue weighted by Gasteiger charge is 2.43. The molecule has 2 fully saturated rings. The molecule has 4 nitrogen and oxygen atoms in total. The molecule has 4 unspecified atom stereocenters. The third kappa shape index (κ3) is 2.04. The summed E-state index contributed by atoms with van der Waals surface area (Å²) in [5, 5.41) is 2.81. The summed E-state index contributed by atoms with van der Waals surface area (Å²) in [6.07, 6.45) is 4.27.